The van der Waals surface area contributed by atoms with Gasteiger partial charge in [-0.2, -0.15) is 0 Å². The molecular formula is C32H49NO5Si. The number of benzene rings is 1. The van der Waals surface area contributed by atoms with Gasteiger partial charge in [0.25, 0.3) is 8.32 Å². The molecule has 1 N–H and O–H groups in total. The largest absolute Gasteiger partial charge is 0.540 e. The first-order valence-corrected chi connectivity index (χ1v) is 18.0. The maximum atomic E-state index is 12.9. The first kappa shape index (κ1) is 26.8. The maximum absolute atomic E-state index is 12.9. The molecule has 216 valence electrons. The highest BCUT2D eigenvalue weighted by Crippen LogP contribution is 2.67. The summed E-state index contributed by atoms with van der Waals surface area (Å²) in [5.41, 5.74) is 2.80. The number of ether oxygens (including phenoxy) is 3. The Morgan fingerprint density at radius 1 is 1.00 bits per heavy atom. The second-order valence-corrected chi connectivity index (χ2v) is 19.9. The lowest BCUT2D eigenvalue weighted by molar-refractivity contribution is -0.224. The molecule has 3 heterocycles. The first-order valence-electron chi connectivity index (χ1n) is 15.8. The number of rotatable bonds is 8. The van der Waals surface area contributed by atoms with Gasteiger partial charge in [0.15, 0.2) is 12.0 Å². The molecule has 4 fully saturated rings. The quantitative estimate of drug-likeness (QED) is 0.410. The molecule has 5 atom stereocenters. The third kappa shape index (κ3) is 3.58. The van der Waals surface area contributed by atoms with Crippen LogP contribution in [0.1, 0.15) is 84.8 Å². The molecule has 6 aliphatic rings. The molecule has 1 unspecified atom stereocenters. The summed E-state index contributed by atoms with van der Waals surface area (Å²) in [7, 11) is -2.19. The molecule has 7 rings (SSSR count). The smallest absolute Gasteiger partial charge is 0.258 e. The number of likely N-dealkylation sites (tertiary alicyclic amines) is 1. The van der Waals surface area contributed by atoms with Crippen LogP contribution in [0.3, 0.4) is 0 Å². The number of hydrogen-bond acceptors (Lipinski definition) is 6. The summed E-state index contributed by atoms with van der Waals surface area (Å²) in [5.74, 6) is 2.75. The van der Waals surface area contributed by atoms with Gasteiger partial charge in [-0.3, -0.25) is 4.90 Å². The molecule has 1 spiro atoms. The van der Waals surface area contributed by atoms with Crippen molar-refractivity contribution >= 4 is 8.32 Å². The minimum absolute atomic E-state index is 0.108. The van der Waals surface area contributed by atoms with Crippen LogP contribution in [-0.2, 0) is 21.3 Å². The van der Waals surface area contributed by atoms with E-state index in [4.69, 9.17) is 18.6 Å². The monoisotopic (exact) mass is 555 g/mol. The van der Waals surface area contributed by atoms with Gasteiger partial charge < -0.3 is 23.7 Å². The van der Waals surface area contributed by atoms with Gasteiger partial charge in [-0.25, -0.2) is 0 Å². The average Bonchev–Trinajstić information content (AvgIpc) is 3.38. The highest BCUT2D eigenvalue weighted by molar-refractivity contribution is 6.78. The fourth-order valence-electron chi connectivity index (χ4n) is 10.0. The van der Waals surface area contributed by atoms with Gasteiger partial charge in [-0.05, 0) is 79.2 Å². The Labute approximate surface area is 235 Å². The third-order valence-electron chi connectivity index (χ3n) is 11.8. The van der Waals surface area contributed by atoms with Crippen molar-refractivity contribution in [3.05, 3.63) is 23.3 Å². The minimum Gasteiger partial charge on any atom is -0.540 e. The van der Waals surface area contributed by atoms with E-state index in [1.54, 1.807) is 0 Å². The van der Waals surface area contributed by atoms with Gasteiger partial charge in [-0.1, -0.05) is 47.6 Å². The summed E-state index contributed by atoms with van der Waals surface area (Å²) in [4.78, 5) is 2.64. The van der Waals surface area contributed by atoms with Crippen molar-refractivity contribution in [2.24, 2.45) is 11.8 Å². The van der Waals surface area contributed by atoms with E-state index >= 15 is 0 Å². The standard InChI is InChI=1S/C32H49NO5Si/c1-19(2)39(20(3)4,21(5)6)38-25-10-9-23-17-26-32(34)12-11-24(30-35-15-16-36-30)29-31(32,27(23)28(25)37-29)13-14-33(26)18-22-7-8-22/h9-10,19-22,24,26,29-30,34H,7-8,11-18H2,1-6H3/t24?,26-,29+,31+,32-/m1/s1. The van der Waals surface area contributed by atoms with Crippen LogP contribution < -0.4 is 9.16 Å². The molecule has 0 radical (unpaired) electrons. The molecular weight excluding hydrogens is 506 g/mol. The molecule has 0 amide bonds. The summed E-state index contributed by atoms with van der Waals surface area (Å²) in [6.45, 7) is 17.5. The second kappa shape index (κ2) is 9.19. The molecule has 7 heteroatoms. The molecule has 2 saturated heterocycles. The van der Waals surface area contributed by atoms with Crippen molar-refractivity contribution in [2.75, 3.05) is 26.3 Å². The Balaban J connectivity index is 1.37. The first-order chi connectivity index (χ1) is 18.6. The summed E-state index contributed by atoms with van der Waals surface area (Å²) in [6, 6.07) is 4.67. The van der Waals surface area contributed by atoms with Crippen LogP contribution in [-0.4, -0.2) is 68.7 Å². The summed E-state index contributed by atoms with van der Waals surface area (Å²) in [5, 5.41) is 12.9. The number of hydrogen-bond donors (Lipinski definition) is 1. The van der Waals surface area contributed by atoms with Gasteiger partial charge >= 0.3 is 0 Å². The number of aliphatic hydroxyl groups is 1. The SMILES string of the molecule is CC(C)[Si](Oc1ccc2c3c1O[C@H]1C(C4OCCO4)CC[C@@]4(O)[C@@H](C2)N(CC2CC2)CC[C@]314)(C(C)C)C(C)C. The Kier molecular flexibility index (Phi) is 6.30. The zero-order chi connectivity index (χ0) is 27.3. The van der Waals surface area contributed by atoms with E-state index in [0.29, 0.717) is 29.8 Å². The zero-order valence-corrected chi connectivity index (χ0v) is 25.9. The molecule has 2 saturated carbocycles. The zero-order valence-electron chi connectivity index (χ0n) is 24.9. The van der Waals surface area contributed by atoms with Crippen LogP contribution in [0.4, 0.5) is 0 Å². The van der Waals surface area contributed by atoms with Crippen molar-refractivity contribution < 1.29 is 23.7 Å². The molecule has 6 nitrogen and oxygen atoms in total. The third-order valence-corrected chi connectivity index (χ3v) is 17.8. The fourth-order valence-corrected chi connectivity index (χ4v) is 15.3. The van der Waals surface area contributed by atoms with E-state index in [1.165, 1.54) is 24.0 Å². The Morgan fingerprint density at radius 2 is 1.69 bits per heavy atom. The van der Waals surface area contributed by atoms with Crippen LogP contribution in [0, 0.1) is 11.8 Å². The van der Waals surface area contributed by atoms with Gasteiger partial charge in [-0.15, -0.1) is 0 Å². The average molecular weight is 556 g/mol. The van der Waals surface area contributed by atoms with Crippen molar-refractivity contribution in [3.63, 3.8) is 0 Å². The molecule has 0 aromatic heterocycles. The Hall–Kier alpha value is -1.12. The maximum Gasteiger partial charge on any atom is 0.258 e. The van der Waals surface area contributed by atoms with Gasteiger partial charge in [0.05, 0.1) is 24.2 Å². The topological polar surface area (TPSA) is 60.4 Å². The summed E-state index contributed by atoms with van der Waals surface area (Å²) >= 11 is 0. The van der Waals surface area contributed by atoms with Crippen LogP contribution in [0.2, 0.25) is 16.6 Å². The molecule has 2 bridgehead atoms. The second-order valence-electron chi connectivity index (χ2n) is 14.5. The normalized spacial score (nSPS) is 36.1. The molecule has 3 aliphatic carbocycles. The van der Waals surface area contributed by atoms with Crippen LogP contribution in [0.5, 0.6) is 11.5 Å². The van der Waals surface area contributed by atoms with Gasteiger partial charge in [0.1, 0.15) is 11.9 Å². The highest BCUT2D eigenvalue weighted by atomic mass is 28.4. The van der Waals surface area contributed by atoms with E-state index in [-0.39, 0.29) is 24.4 Å². The van der Waals surface area contributed by atoms with E-state index in [0.717, 1.165) is 56.2 Å². The van der Waals surface area contributed by atoms with Crippen LogP contribution in [0.15, 0.2) is 12.1 Å². The Bertz CT molecular complexity index is 1090. The lowest BCUT2D eigenvalue weighted by Crippen LogP contribution is -2.77. The number of nitrogens with zero attached hydrogens (tertiary/aromatic N) is 1. The lowest BCUT2D eigenvalue weighted by Gasteiger charge is -2.64. The van der Waals surface area contributed by atoms with E-state index in [9.17, 15) is 5.11 Å². The molecule has 1 aromatic carbocycles. The number of piperidine rings is 1. The van der Waals surface area contributed by atoms with Crippen molar-refractivity contribution in [1.29, 1.82) is 0 Å². The van der Waals surface area contributed by atoms with Crippen molar-refractivity contribution in [1.82, 2.24) is 4.90 Å². The van der Waals surface area contributed by atoms with Crippen LogP contribution in [0.25, 0.3) is 0 Å². The van der Waals surface area contributed by atoms with Crippen molar-refractivity contribution in [2.45, 2.75) is 126 Å². The summed E-state index contributed by atoms with van der Waals surface area (Å²) in [6.07, 6.45) is 5.73. The minimum atomic E-state index is -2.19. The Morgan fingerprint density at radius 3 is 2.33 bits per heavy atom. The van der Waals surface area contributed by atoms with Gasteiger partial charge in [0, 0.05) is 24.1 Å². The van der Waals surface area contributed by atoms with Crippen molar-refractivity contribution in [3.8, 4) is 11.5 Å². The van der Waals surface area contributed by atoms with Gasteiger partial charge in [0.2, 0.25) is 0 Å². The predicted molar refractivity (Wildman–Crippen MR) is 154 cm³/mol. The van der Waals surface area contributed by atoms with Crippen LogP contribution >= 0.6 is 0 Å². The molecule has 1 aromatic rings. The summed E-state index contributed by atoms with van der Waals surface area (Å²) < 4.78 is 26.7. The predicted octanol–water partition coefficient (Wildman–Crippen LogP) is 5.79. The highest BCUT2D eigenvalue weighted by Gasteiger charge is 2.74. The van der Waals surface area contributed by atoms with E-state index in [2.05, 4.69) is 58.6 Å². The van der Waals surface area contributed by atoms with E-state index in [1.807, 2.05) is 0 Å². The molecule has 3 aliphatic heterocycles. The fraction of sp³-hybridized carbons (Fsp3) is 0.812. The van der Waals surface area contributed by atoms with E-state index < -0.39 is 19.3 Å². The molecule has 39 heavy (non-hydrogen) atoms. The lowest BCUT2D eigenvalue weighted by atomic mass is 9.47.